The molecule has 1 fully saturated rings. The normalized spacial score (nSPS) is 20.6. The van der Waals surface area contributed by atoms with Gasteiger partial charge >= 0.3 is 7.12 Å². The maximum atomic E-state index is 10.1. The molecule has 0 amide bonds. The molecule has 2 heterocycles. The first-order valence-corrected chi connectivity index (χ1v) is 6.80. The molecule has 6 heteroatoms. The van der Waals surface area contributed by atoms with E-state index in [-0.39, 0.29) is 5.75 Å². The molecule has 2 rings (SSSR count). The molecule has 20 heavy (non-hydrogen) atoms. The summed E-state index contributed by atoms with van der Waals surface area (Å²) in [5.41, 5.74) is 0.601. The molecule has 0 spiro atoms. The monoisotopic (exact) mass is 278 g/mol. The first-order valence-electron chi connectivity index (χ1n) is 6.80. The van der Waals surface area contributed by atoms with Gasteiger partial charge in [-0.3, -0.25) is 4.98 Å². The van der Waals surface area contributed by atoms with Crippen molar-refractivity contribution in [2.75, 3.05) is 14.1 Å². The van der Waals surface area contributed by atoms with Crippen LogP contribution in [0, 0.1) is 0 Å². The highest BCUT2D eigenvalue weighted by molar-refractivity contribution is 6.62. The number of nitrogens with zero attached hydrogens (tertiary/aromatic N) is 2. The van der Waals surface area contributed by atoms with E-state index >= 15 is 0 Å². The molecule has 0 atom stereocenters. The van der Waals surface area contributed by atoms with E-state index in [1.807, 2.05) is 46.7 Å². The molecule has 1 aromatic rings. The van der Waals surface area contributed by atoms with Crippen LogP contribution in [0.1, 0.15) is 33.4 Å². The Kier molecular flexibility index (Phi) is 3.84. The third-order valence-corrected chi connectivity index (χ3v) is 3.96. The molecule has 1 aliphatic heterocycles. The lowest BCUT2D eigenvalue weighted by Gasteiger charge is -2.32. The fourth-order valence-corrected chi connectivity index (χ4v) is 2.03. The van der Waals surface area contributed by atoms with E-state index in [0.29, 0.717) is 12.2 Å². The summed E-state index contributed by atoms with van der Waals surface area (Å²) in [7, 11) is 3.37. The van der Waals surface area contributed by atoms with Crippen molar-refractivity contribution < 1.29 is 14.4 Å². The number of hydrogen-bond donors (Lipinski definition) is 1. The van der Waals surface area contributed by atoms with Gasteiger partial charge < -0.3 is 19.3 Å². The van der Waals surface area contributed by atoms with E-state index in [9.17, 15) is 5.11 Å². The lowest BCUT2D eigenvalue weighted by molar-refractivity contribution is 0.00578. The van der Waals surface area contributed by atoms with Gasteiger partial charge in [0.25, 0.3) is 0 Å². The number of aromatic nitrogens is 1. The molecule has 5 nitrogen and oxygen atoms in total. The van der Waals surface area contributed by atoms with E-state index in [4.69, 9.17) is 9.31 Å². The minimum absolute atomic E-state index is 0.172. The summed E-state index contributed by atoms with van der Waals surface area (Å²) in [6.07, 6.45) is 1.71. The van der Waals surface area contributed by atoms with Crippen molar-refractivity contribution >= 4 is 12.6 Å². The van der Waals surface area contributed by atoms with Gasteiger partial charge in [0.15, 0.2) is 0 Å². The summed E-state index contributed by atoms with van der Waals surface area (Å²) in [4.78, 5) is 6.26. The van der Waals surface area contributed by atoms with Gasteiger partial charge in [-0.15, -0.1) is 0 Å². The predicted molar refractivity (Wildman–Crippen MR) is 79.0 cm³/mol. The molecule has 110 valence electrons. The Morgan fingerprint density at radius 3 is 2.20 bits per heavy atom. The highest BCUT2D eigenvalue weighted by atomic mass is 16.7. The average Bonchev–Trinajstić information content (AvgIpc) is 2.50. The fraction of sp³-hybridized carbons (Fsp3) is 0.643. The van der Waals surface area contributed by atoms with Gasteiger partial charge in [-0.2, -0.15) is 0 Å². The van der Waals surface area contributed by atoms with Crippen molar-refractivity contribution in [3.8, 4) is 5.75 Å². The van der Waals surface area contributed by atoms with Gasteiger partial charge in [-0.25, -0.2) is 0 Å². The van der Waals surface area contributed by atoms with E-state index in [2.05, 4.69) is 4.98 Å². The zero-order valence-electron chi connectivity index (χ0n) is 13.1. The quantitative estimate of drug-likeness (QED) is 0.840. The minimum Gasteiger partial charge on any atom is -0.506 e. The van der Waals surface area contributed by atoms with E-state index in [1.165, 1.54) is 0 Å². The molecular formula is C14H23BN2O3. The molecule has 0 saturated carbocycles. The van der Waals surface area contributed by atoms with Gasteiger partial charge in [-0.05, 0) is 47.9 Å². The number of pyridine rings is 1. The van der Waals surface area contributed by atoms with Crippen LogP contribution in [0.2, 0.25) is 0 Å². The van der Waals surface area contributed by atoms with E-state index in [0.717, 1.165) is 5.46 Å². The largest absolute Gasteiger partial charge is 0.506 e. The Balaban J connectivity index is 2.22. The zero-order valence-corrected chi connectivity index (χ0v) is 13.1. The lowest BCUT2D eigenvalue weighted by Crippen LogP contribution is -2.41. The van der Waals surface area contributed by atoms with Crippen LogP contribution in [-0.2, 0) is 15.9 Å². The zero-order chi connectivity index (χ0) is 15.1. The van der Waals surface area contributed by atoms with Crippen molar-refractivity contribution in [3.63, 3.8) is 0 Å². The molecule has 1 N–H and O–H groups in total. The third kappa shape index (κ3) is 2.82. The standard InChI is InChI=1S/C14H23BN2O3/c1-13(2)14(3,4)20-15(19-13)10-7-12(18)11(16-8-10)9-17(5)6/h7-8,18H,9H2,1-6H3. The number of rotatable bonds is 3. The van der Waals surface area contributed by atoms with Crippen LogP contribution in [0.25, 0.3) is 0 Å². The summed E-state index contributed by atoms with van der Waals surface area (Å²) in [5, 5.41) is 10.1. The molecule has 0 radical (unpaired) electrons. The second kappa shape index (κ2) is 5.02. The molecule has 0 unspecified atom stereocenters. The van der Waals surface area contributed by atoms with Gasteiger partial charge in [0.2, 0.25) is 0 Å². The highest BCUT2D eigenvalue weighted by Gasteiger charge is 2.51. The Morgan fingerprint density at radius 1 is 1.20 bits per heavy atom. The molecule has 1 saturated heterocycles. The van der Waals surface area contributed by atoms with E-state index < -0.39 is 18.3 Å². The first kappa shape index (κ1) is 15.3. The van der Waals surface area contributed by atoms with Crippen LogP contribution in [0.5, 0.6) is 5.75 Å². The molecule has 0 bridgehead atoms. The second-order valence-corrected chi connectivity index (χ2v) is 6.56. The number of hydrogen-bond acceptors (Lipinski definition) is 5. The third-order valence-electron chi connectivity index (χ3n) is 3.96. The van der Waals surface area contributed by atoms with Crippen molar-refractivity contribution in [1.82, 2.24) is 9.88 Å². The fourth-order valence-electron chi connectivity index (χ4n) is 2.03. The maximum Gasteiger partial charge on any atom is 0.496 e. The Hall–Kier alpha value is -1.11. The molecule has 1 aromatic heterocycles. The summed E-state index contributed by atoms with van der Waals surface area (Å²) >= 11 is 0. The Bertz CT molecular complexity index is 487. The maximum absolute atomic E-state index is 10.1. The van der Waals surface area contributed by atoms with Gasteiger partial charge in [0.05, 0.1) is 16.9 Å². The van der Waals surface area contributed by atoms with Crippen LogP contribution >= 0.6 is 0 Å². The second-order valence-electron chi connectivity index (χ2n) is 6.56. The van der Waals surface area contributed by atoms with Crippen molar-refractivity contribution in [2.24, 2.45) is 0 Å². The lowest BCUT2D eigenvalue weighted by atomic mass is 9.80. The molecular weight excluding hydrogens is 255 g/mol. The van der Waals surface area contributed by atoms with Crippen LogP contribution in [-0.4, -0.2) is 47.4 Å². The SMILES string of the molecule is CN(C)Cc1ncc(B2OC(C)(C)C(C)(C)O2)cc1O. The smallest absolute Gasteiger partial charge is 0.496 e. The average molecular weight is 278 g/mol. The predicted octanol–water partition coefficient (Wildman–Crippen LogP) is 1.15. The summed E-state index contributed by atoms with van der Waals surface area (Å²) < 4.78 is 11.9. The molecule has 0 aromatic carbocycles. The van der Waals surface area contributed by atoms with Crippen LogP contribution < -0.4 is 5.46 Å². The van der Waals surface area contributed by atoms with Crippen LogP contribution in [0.4, 0.5) is 0 Å². The van der Waals surface area contributed by atoms with Crippen LogP contribution in [0.15, 0.2) is 12.3 Å². The number of aromatic hydroxyl groups is 1. The van der Waals surface area contributed by atoms with Crippen molar-refractivity contribution in [3.05, 3.63) is 18.0 Å². The Labute approximate surface area is 121 Å². The van der Waals surface area contributed by atoms with Crippen LogP contribution in [0.3, 0.4) is 0 Å². The first-order chi connectivity index (χ1) is 9.12. The van der Waals surface area contributed by atoms with Crippen molar-refractivity contribution in [1.29, 1.82) is 0 Å². The summed E-state index contributed by atoms with van der Waals surface area (Å²) in [6, 6.07) is 1.67. The Morgan fingerprint density at radius 2 is 1.75 bits per heavy atom. The minimum atomic E-state index is -0.494. The van der Waals surface area contributed by atoms with Gasteiger partial charge in [0, 0.05) is 18.2 Å². The molecule has 0 aliphatic carbocycles. The summed E-state index contributed by atoms with van der Waals surface area (Å²) in [6.45, 7) is 8.60. The summed E-state index contributed by atoms with van der Waals surface area (Å²) in [5.74, 6) is 0.172. The van der Waals surface area contributed by atoms with Crippen molar-refractivity contribution in [2.45, 2.75) is 45.4 Å². The molecule has 1 aliphatic rings. The van der Waals surface area contributed by atoms with E-state index in [1.54, 1.807) is 12.3 Å². The highest BCUT2D eigenvalue weighted by Crippen LogP contribution is 2.36. The topological polar surface area (TPSA) is 54.8 Å². The van der Waals surface area contributed by atoms with Gasteiger partial charge in [-0.1, -0.05) is 0 Å². The van der Waals surface area contributed by atoms with Gasteiger partial charge in [0.1, 0.15) is 5.75 Å².